The molecule has 0 atom stereocenters. The zero-order valence-corrected chi connectivity index (χ0v) is 12.3. The van der Waals surface area contributed by atoms with Gasteiger partial charge in [-0.1, -0.05) is 6.92 Å². The summed E-state index contributed by atoms with van der Waals surface area (Å²) in [7, 11) is 0. The molecule has 4 heteroatoms. The highest BCUT2D eigenvalue weighted by atomic mass is 15.2. The Balaban J connectivity index is 2.61. The van der Waals surface area contributed by atoms with Crippen LogP contribution >= 0.6 is 0 Å². The Bertz CT molecular complexity index is 340. The number of nitrogens with one attached hydrogen (secondary N) is 1. The van der Waals surface area contributed by atoms with Crippen molar-refractivity contribution in [1.82, 2.24) is 15.3 Å². The van der Waals surface area contributed by atoms with E-state index < -0.39 is 0 Å². The zero-order valence-electron chi connectivity index (χ0n) is 12.3. The Hall–Kier alpha value is -1.16. The number of hydrogen-bond donors (Lipinski definition) is 1. The minimum Gasteiger partial charge on any atom is -0.356 e. The average molecular weight is 250 g/mol. The van der Waals surface area contributed by atoms with Gasteiger partial charge in [0, 0.05) is 25.2 Å². The molecule has 0 unspecified atom stereocenters. The van der Waals surface area contributed by atoms with E-state index in [1.165, 1.54) is 0 Å². The lowest BCUT2D eigenvalue weighted by Crippen LogP contribution is -2.35. The second-order valence-corrected chi connectivity index (χ2v) is 5.55. The summed E-state index contributed by atoms with van der Waals surface area (Å²) < 4.78 is 0. The van der Waals surface area contributed by atoms with E-state index in [4.69, 9.17) is 0 Å². The van der Waals surface area contributed by atoms with Crippen LogP contribution in [0.2, 0.25) is 0 Å². The van der Waals surface area contributed by atoms with Crippen LogP contribution in [0.3, 0.4) is 0 Å². The SMILES string of the molecule is CCCN(CC)c1cnc(CNC(C)(C)C)cn1. The van der Waals surface area contributed by atoms with Crippen LogP contribution < -0.4 is 10.2 Å². The van der Waals surface area contributed by atoms with Gasteiger partial charge in [-0.05, 0) is 34.1 Å². The van der Waals surface area contributed by atoms with Crippen LogP contribution in [0.4, 0.5) is 5.82 Å². The lowest BCUT2D eigenvalue weighted by molar-refractivity contribution is 0.421. The molecule has 18 heavy (non-hydrogen) atoms. The molecule has 1 aromatic heterocycles. The normalized spacial score (nSPS) is 11.6. The van der Waals surface area contributed by atoms with Gasteiger partial charge in [0.25, 0.3) is 0 Å². The van der Waals surface area contributed by atoms with Crippen molar-refractivity contribution < 1.29 is 0 Å². The number of anilines is 1. The first-order valence-corrected chi connectivity index (χ1v) is 6.77. The molecule has 1 N–H and O–H groups in total. The molecule has 1 rings (SSSR count). The largest absolute Gasteiger partial charge is 0.356 e. The maximum atomic E-state index is 4.49. The van der Waals surface area contributed by atoms with Crippen molar-refractivity contribution in [1.29, 1.82) is 0 Å². The van der Waals surface area contributed by atoms with E-state index in [9.17, 15) is 0 Å². The first-order chi connectivity index (χ1) is 8.46. The van der Waals surface area contributed by atoms with Crippen molar-refractivity contribution in [3.63, 3.8) is 0 Å². The van der Waals surface area contributed by atoms with E-state index in [0.717, 1.165) is 37.6 Å². The number of aromatic nitrogens is 2. The van der Waals surface area contributed by atoms with E-state index in [1.54, 1.807) is 0 Å². The molecule has 0 spiro atoms. The third kappa shape index (κ3) is 5.00. The van der Waals surface area contributed by atoms with E-state index in [2.05, 4.69) is 54.8 Å². The zero-order chi connectivity index (χ0) is 13.6. The summed E-state index contributed by atoms with van der Waals surface area (Å²) in [6, 6.07) is 0. The molecule has 0 saturated heterocycles. The fourth-order valence-corrected chi connectivity index (χ4v) is 1.66. The third-order valence-electron chi connectivity index (χ3n) is 2.69. The van der Waals surface area contributed by atoms with Crippen LogP contribution in [0.25, 0.3) is 0 Å². The van der Waals surface area contributed by atoms with E-state index >= 15 is 0 Å². The predicted molar refractivity (Wildman–Crippen MR) is 76.8 cm³/mol. The fourth-order valence-electron chi connectivity index (χ4n) is 1.66. The molecule has 0 aliphatic carbocycles. The van der Waals surface area contributed by atoms with Crippen LogP contribution in [0, 0.1) is 0 Å². The van der Waals surface area contributed by atoms with Crippen LogP contribution in [-0.2, 0) is 6.54 Å². The van der Waals surface area contributed by atoms with Gasteiger partial charge in [-0.25, -0.2) is 4.98 Å². The van der Waals surface area contributed by atoms with E-state index in [-0.39, 0.29) is 5.54 Å². The topological polar surface area (TPSA) is 41.1 Å². The molecule has 1 aromatic rings. The molecule has 4 nitrogen and oxygen atoms in total. The Morgan fingerprint density at radius 1 is 1.17 bits per heavy atom. The second-order valence-electron chi connectivity index (χ2n) is 5.55. The Morgan fingerprint density at radius 3 is 2.33 bits per heavy atom. The predicted octanol–water partition coefficient (Wildman–Crippen LogP) is 2.60. The van der Waals surface area contributed by atoms with E-state index in [0.29, 0.717) is 0 Å². The highest BCUT2D eigenvalue weighted by Gasteiger charge is 2.10. The summed E-state index contributed by atoms with van der Waals surface area (Å²) in [5.41, 5.74) is 1.10. The standard InChI is InChI=1S/C14H26N4/c1-6-8-18(7-2)13-11-15-12(9-16-13)10-17-14(3,4)5/h9,11,17H,6-8,10H2,1-5H3. The van der Waals surface area contributed by atoms with Crippen LogP contribution in [0.1, 0.15) is 46.7 Å². The second kappa shape index (κ2) is 6.69. The molecule has 1 heterocycles. The van der Waals surface area contributed by atoms with Crippen molar-refractivity contribution in [2.24, 2.45) is 0 Å². The highest BCUT2D eigenvalue weighted by Crippen LogP contribution is 2.09. The van der Waals surface area contributed by atoms with Gasteiger partial charge in [0.05, 0.1) is 18.1 Å². The summed E-state index contributed by atoms with van der Waals surface area (Å²) in [6.07, 6.45) is 4.87. The van der Waals surface area contributed by atoms with Gasteiger partial charge < -0.3 is 10.2 Å². The van der Waals surface area contributed by atoms with Gasteiger partial charge in [-0.15, -0.1) is 0 Å². The van der Waals surface area contributed by atoms with Crippen LogP contribution in [0.15, 0.2) is 12.4 Å². The molecule has 0 fully saturated rings. The van der Waals surface area contributed by atoms with Gasteiger partial charge in [-0.2, -0.15) is 0 Å². The minimum atomic E-state index is 0.109. The lowest BCUT2D eigenvalue weighted by Gasteiger charge is -2.22. The molecular formula is C14H26N4. The van der Waals surface area contributed by atoms with E-state index in [1.807, 2.05) is 12.4 Å². The van der Waals surface area contributed by atoms with Gasteiger partial charge in [0.15, 0.2) is 0 Å². The third-order valence-corrected chi connectivity index (χ3v) is 2.69. The van der Waals surface area contributed by atoms with Gasteiger partial charge in [-0.3, -0.25) is 4.98 Å². The minimum absolute atomic E-state index is 0.109. The van der Waals surface area contributed by atoms with Gasteiger partial charge in [0.2, 0.25) is 0 Å². The first-order valence-electron chi connectivity index (χ1n) is 6.77. The van der Waals surface area contributed by atoms with Crippen molar-refractivity contribution >= 4 is 5.82 Å². The summed E-state index contributed by atoms with van der Waals surface area (Å²) in [4.78, 5) is 11.2. The molecular weight excluding hydrogens is 224 g/mol. The van der Waals surface area contributed by atoms with Crippen molar-refractivity contribution in [3.05, 3.63) is 18.1 Å². The molecule has 0 aliphatic rings. The highest BCUT2D eigenvalue weighted by molar-refractivity contribution is 5.35. The molecule has 0 radical (unpaired) electrons. The van der Waals surface area contributed by atoms with Crippen molar-refractivity contribution in [2.45, 2.75) is 53.1 Å². The number of rotatable bonds is 6. The molecule has 0 saturated carbocycles. The summed E-state index contributed by atoms with van der Waals surface area (Å²) in [5.74, 6) is 0.971. The lowest BCUT2D eigenvalue weighted by atomic mass is 10.1. The van der Waals surface area contributed by atoms with Gasteiger partial charge >= 0.3 is 0 Å². The monoisotopic (exact) mass is 250 g/mol. The smallest absolute Gasteiger partial charge is 0.147 e. The maximum Gasteiger partial charge on any atom is 0.147 e. The maximum absolute atomic E-state index is 4.49. The molecule has 0 bridgehead atoms. The fraction of sp³-hybridized carbons (Fsp3) is 0.714. The summed E-state index contributed by atoms with van der Waals surface area (Å²) >= 11 is 0. The Labute approximate surface area is 111 Å². The Kier molecular flexibility index (Phi) is 5.54. The Morgan fingerprint density at radius 2 is 1.89 bits per heavy atom. The quantitative estimate of drug-likeness (QED) is 0.842. The molecule has 0 aliphatic heterocycles. The summed E-state index contributed by atoms with van der Waals surface area (Å²) in [5, 5.41) is 3.41. The van der Waals surface area contributed by atoms with Crippen molar-refractivity contribution in [2.75, 3.05) is 18.0 Å². The van der Waals surface area contributed by atoms with Crippen LogP contribution in [-0.4, -0.2) is 28.6 Å². The molecule has 0 amide bonds. The molecule has 0 aromatic carbocycles. The van der Waals surface area contributed by atoms with Gasteiger partial charge in [0.1, 0.15) is 5.82 Å². The van der Waals surface area contributed by atoms with Crippen molar-refractivity contribution in [3.8, 4) is 0 Å². The first kappa shape index (κ1) is 14.9. The molecule has 102 valence electrons. The summed E-state index contributed by atoms with van der Waals surface area (Å²) in [6.45, 7) is 13.5. The number of hydrogen-bond acceptors (Lipinski definition) is 4. The average Bonchev–Trinajstić information content (AvgIpc) is 2.33. The van der Waals surface area contributed by atoms with Crippen LogP contribution in [0.5, 0.6) is 0 Å². The number of nitrogens with zero attached hydrogens (tertiary/aromatic N) is 3.